The molecule has 1 N–H and O–H groups in total. The second kappa shape index (κ2) is 6.02. The smallest absolute Gasteiger partial charge is 0.266 e. The topological polar surface area (TPSA) is 46.9 Å². The van der Waals surface area contributed by atoms with E-state index in [1.54, 1.807) is 4.57 Å². The lowest BCUT2D eigenvalue weighted by Gasteiger charge is -2.18. The molecule has 1 atom stereocenters. The lowest BCUT2D eigenvalue weighted by Crippen LogP contribution is -2.28. The molecule has 0 spiro atoms. The summed E-state index contributed by atoms with van der Waals surface area (Å²) >= 11 is 3.42. The molecule has 0 aliphatic carbocycles. The van der Waals surface area contributed by atoms with Crippen LogP contribution in [0.5, 0.6) is 0 Å². The van der Waals surface area contributed by atoms with Crippen LogP contribution in [0.1, 0.15) is 18.8 Å². The van der Waals surface area contributed by atoms with Gasteiger partial charge in [-0.15, -0.1) is 0 Å². The van der Waals surface area contributed by atoms with Crippen LogP contribution in [0.2, 0.25) is 0 Å². The Kier molecular flexibility index (Phi) is 4.09. The molecule has 4 nitrogen and oxygen atoms in total. The van der Waals surface area contributed by atoms with Gasteiger partial charge in [-0.3, -0.25) is 9.36 Å². The lowest BCUT2D eigenvalue weighted by molar-refractivity contribution is 0.589. The summed E-state index contributed by atoms with van der Waals surface area (Å²) in [6, 6.07) is 15.1. The van der Waals surface area contributed by atoms with E-state index in [2.05, 4.69) is 21.2 Å². The lowest BCUT2D eigenvalue weighted by atomic mass is 10.2. The molecule has 0 unspecified atom stereocenters. The highest BCUT2D eigenvalue weighted by Gasteiger charge is 2.16. The first-order chi connectivity index (χ1) is 10.6. The first-order valence-electron chi connectivity index (χ1n) is 7.06. The number of hydrogen-bond acceptors (Lipinski definition) is 3. The minimum atomic E-state index is -0.0509. The quantitative estimate of drug-likeness (QED) is 0.780. The molecule has 1 aromatic heterocycles. The van der Waals surface area contributed by atoms with E-state index in [1.165, 1.54) is 0 Å². The number of nitrogens with zero attached hydrogens (tertiary/aromatic N) is 2. The number of rotatable bonds is 3. The molecule has 1 heterocycles. The summed E-state index contributed by atoms with van der Waals surface area (Å²) in [5.41, 5.74) is 1.48. The number of fused-ring (bicyclic) bond motifs is 1. The van der Waals surface area contributed by atoms with Crippen LogP contribution in [0.4, 0.5) is 0 Å². The molecule has 0 bridgehead atoms. The molecule has 112 valence electrons. The Morgan fingerprint density at radius 2 is 1.82 bits per heavy atom. The minimum absolute atomic E-state index is 0.0408. The summed E-state index contributed by atoms with van der Waals surface area (Å²) in [6.07, 6.45) is 0. The molecule has 0 saturated carbocycles. The monoisotopic (exact) mass is 357 g/mol. The fourth-order valence-electron chi connectivity index (χ4n) is 2.41. The standard InChI is InChI=1S/C17H16BrN3O/c1-11(19-2)16-20-15-6-4-3-5-14(15)17(22)21(16)13-9-7-12(18)8-10-13/h3-11,19H,1-2H3/t11-/m0/s1. The number of nitrogens with one attached hydrogen (secondary N) is 1. The highest BCUT2D eigenvalue weighted by Crippen LogP contribution is 2.19. The summed E-state index contributed by atoms with van der Waals surface area (Å²) < 4.78 is 2.65. The second-order valence-electron chi connectivity index (χ2n) is 5.11. The fourth-order valence-corrected chi connectivity index (χ4v) is 2.67. The third kappa shape index (κ3) is 2.58. The van der Waals surface area contributed by atoms with Crippen molar-refractivity contribution in [1.82, 2.24) is 14.9 Å². The van der Waals surface area contributed by atoms with Gasteiger partial charge in [-0.05, 0) is 50.4 Å². The van der Waals surface area contributed by atoms with Gasteiger partial charge in [0.2, 0.25) is 0 Å². The molecule has 0 amide bonds. The molecule has 0 aliphatic rings. The highest BCUT2D eigenvalue weighted by atomic mass is 79.9. The molecular formula is C17H16BrN3O. The van der Waals surface area contributed by atoms with Crippen LogP contribution < -0.4 is 10.9 Å². The maximum atomic E-state index is 12.9. The van der Waals surface area contributed by atoms with Gasteiger partial charge in [-0.1, -0.05) is 28.1 Å². The van der Waals surface area contributed by atoms with Gasteiger partial charge < -0.3 is 5.32 Å². The summed E-state index contributed by atoms with van der Waals surface area (Å²) in [5.74, 6) is 0.702. The van der Waals surface area contributed by atoms with E-state index in [0.29, 0.717) is 11.2 Å². The van der Waals surface area contributed by atoms with Crippen molar-refractivity contribution >= 4 is 26.8 Å². The van der Waals surface area contributed by atoms with Crippen molar-refractivity contribution in [3.05, 3.63) is 69.2 Å². The van der Waals surface area contributed by atoms with Crippen molar-refractivity contribution in [2.45, 2.75) is 13.0 Å². The van der Waals surface area contributed by atoms with Gasteiger partial charge in [-0.25, -0.2) is 4.98 Å². The van der Waals surface area contributed by atoms with Crippen molar-refractivity contribution < 1.29 is 0 Å². The molecule has 5 heteroatoms. The van der Waals surface area contributed by atoms with E-state index in [-0.39, 0.29) is 11.6 Å². The molecule has 0 saturated heterocycles. The van der Waals surface area contributed by atoms with Gasteiger partial charge in [0.15, 0.2) is 0 Å². The average Bonchev–Trinajstić information content (AvgIpc) is 2.55. The van der Waals surface area contributed by atoms with E-state index in [0.717, 1.165) is 15.7 Å². The van der Waals surface area contributed by atoms with Gasteiger partial charge in [-0.2, -0.15) is 0 Å². The zero-order valence-electron chi connectivity index (χ0n) is 12.4. The molecule has 0 fully saturated rings. The van der Waals surface area contributed by atoms with Gasteiger partial charge in [0.25, 0.3) is 5.56 Å². The van der Waals surface area contributed by atoms with E-state index >= 15 is 0 Å². The van der Waals surface area contributed by atoms with Crippen molar-refractivity contribution in [3.63, 3.8) is 0 Å². The molecule has 3 aromatic rings. The Balaban J connectivity index is 2.37. The van der Waals surface area contributed by atoms with Crippen molar-refractivity contribution in [1.29, 1.82) is 0 Å². The van der Waals surface area contributed by atoms with Crippen LogP contribution in [0.15, 0.2) is 57.8 Å². The van der Waals surface area contributed by atoms with Crippen LogP contribution >= 0.6 is 15.9 Å². The Hall–Kier alpha value is -1.98. The number of hydrogen-bond donors (Lipinski definition) is 1. The fraction of sp³-hybridized carbons (Fsp3) is 0.176. The van der Waals surface area contributed by atoms with Crippen LogP contribution in [0.25, 0.3) is 16.6 Å². The summed E-state index contributed by atoms with van der Waals surface area (Å²) in [5, 5.41) is 3.79. The normalized spacial score (nSPS) is 12.5. The summed E-state index contributed by atoms with van der Waals surface area (Å²) in [4.78, 5) is 17.6. The van der Waals surface area contributed by atoms with E-state index in [9.17, 15) is 4.79 Å². The number of halogens is 1. The maximum Gasteiger partial charge on any atom is 0.266 e. The number of para-hydroxylation sites is 1. The van der Waals surface area contributed by atoms with Crippen LogP contribution in [0, 0.1) is 0 Å². The van der Waals surface area contributed by atoms with Gasteiger partial charge >= 0.3 is 0 Å². The predicted octanol–water partition coefficient (Wildman–Crippen LogP) is 3.43. The second-order valence-corrected chi connectivity index (χ2v) is 6.03. The molecule has 2 aromatic carbocycles. The van der Waals surface area contributed by atoms with Gasteiger partial charge in [0, 0.05) is 4.47 Å². The van der Waals surface area contributed by atoms with Crippen LogP contribution in [-0.4, -0.2) is 16.6 Å². The molecular weight excluding hydrogens is 342 g/mol. The molecule has 0 aliphatic heterocycles. The number of aromatic nitrogens is 2. The van der Waals surface area contributed by atoms with Crippen LogP contribution in [0.3, 0.4) is 0 Å². The Morgan fingerprint density at radius 3 is 2.50 bits per heavy atom. The van der Waals surface area contributed by atoms with E-state index in [1.807, 2.05) is 62.5 Å². The third-order valence-corrected chi connectivity index (χ3v) is 4.24. The summed E-state index contributed by atoms with van der Waals surface area (Å²) in [7, 11) is 1.86. The largest absolute Gasteiger partial charge is 0.311 e. The Bertz CT molecular complexity index is 871. The minimum Gasteiger partial charge on any atom is -0.311 e. The van der Waals surface area contributed by atoms with Gasteiger partial charge in [0.1, 0.15) is 5.82 Å². The van der Waals surface area contributed by atoms with Crippen molar-refractivity contribution in [2.24, 2.45) is 0 Å². The Labute approximate surface area is 136 Å². The number of benzene rings is 2. The average molecular weight is 358 g/mol. The van der Waals surface area contributed by atoms with Crippen LogP contribution in [-0.2, 0) is 0 Å². The first kappa shape index (κ1) is 14.9. The molecule has 22 heavy (non-hydrogen) atoms. The van der Waals surface area contributed by atoms with E-state index < -0.39 is 0 Å². The van der Waals surface area contributed by atoms with Crippen molar-refractivity contribution in [3.8, 4) is 5.69 Å². The van der Waals surface area contributed by atoms with E-state index in [4.69, 9.17) is 4.98 Å². The van der Waals surface area contributed by atoms with Crippen molar-refractivity contribution in [2.75, 3.05) is 7.05 Å². The maximum absolute atomic E-state index is 12.9. The molecule has 0 radical (unpaired) electrons. The SMILES string of the molecule is CN[C@@H](C)c1nc2ccccc2c(=O)n1-c1ccc(Br)cc1. The predicted molar refractivity (Wildman–Crippen MR) is 92.5 cm³/mol. The Morgan fingerprint density at radius 1 is 1.14 bits per heavy atom. The third-order valence-electron chi connectivity index (χ3n) is 3.71. The zero-order chi connectivity index (χ0) is 15.7. The first-order valence-corrected chi connectivity index (χ1v) is 7.86. The van der Waals surface area contributed by atoms with Gasteiger partial charge in [0.05, 0.1) is 22.6 Å². The summed E-state index contributed by atoms with van der Waals surface area (Å²) in [6.45, 7) is 1.99. The highest BCUT2D eigenvalue weighted by molar-refractivity contribution is 9.10. The zero-order valence-corrected chi connectivity index (χ0v) is 14.0. The molecule has 3 rings (SSSR count).